The molecule has 0 aliphatic rings. The van der Waals surface area contributed by atoms with Crippen LogP contribution in [0.2, 0.25) is 0 Å². The fourth-order valence-electron chi connectivity index (χ4n) is 1.86. The molecule has 1 aromatic carbocycles. The first-order chi connectivity index (χ1) is 9.52. The van der Waals surface area contributed by atoms with Gasteiger partial charge >= 0.3 is 0 Å². The van der Waals surface area contributed by atoms with Crippen molar-refractivity contribution in [1.29, 1.82) is 0 Å². The van der Waals surface area contributed by atoms with E-state index in [0.29, 0.717) is 13.2 Å². The molecule has 0 aliphatic heterocycles. The first-order valence-corrected chi connectivity index (χ1v) is 6.15. The zero-order chi connectivity index (χ0) is 14.7. The van der Waals surface area contributed by atoms with Gasteiger partial charge in [-0.1, -0.05) is 0 Å². The van der Waals surface area contributed by atoms with Gasteiger partial charge in [-0.25, -0.2) is 13.5 Å². The van der Waals surface area contributed by atoms with E-state index in [1.54, 1.807) is 0 Å². The molecule has 20 heavy (non-hydrogen) atoms. The highest BCUT2D eigenvalue weighted by Gasteiger charge is 2.17. The van der Waals surface area contributed by atoms with Gasteiger partial charge in [0.2, 0.25) is 0 Å². The Balaban J connectivity index is 2.35. The van der Waals surface area contributed by atoms with E-state index >= 15 is 0 Å². The largest absolute Gasteiger partial charge is 0.398 e. The Morgan fingerprint density at radius 1 is 1.35 bits per heavy atom. The lowest BCUT2D eigenvalue weighted by atomic mass is 10.1. The Hall–Kier alpha value is -2.09. The van der Waals surface area contributed by atoms with Crippen LogP contribution in [0.1, 0.15) is 13.8 Å². The SMILES string of the molecule is CCOC(C)Cn1nnnc1-c1cc(F)c(F)cc1N. The van der Waals surface area contributed by atoms with Crippen molar-refractivity contribution in [2.24, 2.45) is 0 Å². The molecule has 0 fully saturated rings. The predicted octanol–water partition coefficient (Wildman–Crippen LogP) is 1.63. The van der Waals surface area contributed by atoms with E-state index in [-0.39, 0.29) is 23.2 Å². The summed E-state index contributed by atoms with van der Waals surface area (Å²) in [5, 5.41) is 11.2. The highest BCUT2D eigenvalue weighted by molar-refractivity contribution is 5.71. The lowest BCUT2D eigenvalue weighted by Crippen LogP contribution is -2.18. The van der Waals surface area contributed by atoms with E-state index in [1.165, 1.54) is 4.68 Å². The zero-order valence-corrected chi connectivity index (χ0v) is 11.2. The summed E-state index contributed by atoms with van der Waals surface area (Å²) in [5.74, 6) is -1.73. The van der Waals surface area contributed by atoms with E-state index in [0.717, 1.165) is 12.1 Å². The van der Waals surface area contributed by atoms with Gasteiger partial charge < -0.3 is 10.5 Å². The molecular weight excluding hydrogens is 268 g/mol. The number of nitrogens with two attached hydrogens (primary N) is 1. The summed E-state index contributed by atoms with van der Waals surface area (Å²) in [4.78, 5) is 0. The molecule has 0 bridgehead atoms. The van der Waals surface area contributed by atoms with Gasteiger partial charge in [0.1, 0.15) is 0 Å². The number of tetrazole rings is 1. The van der Waals surface area contributed by atoms with Crippen molar-refractivity contribution in [3.05, 3.63) is 23.8 Å². The zero-order valence-electron chi connectivity index (χ0n) is 11.2. The van der Waals surface area contributed by atoms with Gasteiger partial charge in [-0.15, -0.1) is 5.10 Å². The smallest absolute Gasteiger partial charge is 0.184 e. The maximum Gasteiger partial charge on any atom is 0.184 e. The monoisotopic (exact) mass is 283 g/mol. The van der Waals surface area contributed by atoms with Crippen molar-refractivity contribution < 1.29 is 13.5 Å². The average molecular weight is 283 g/mol. The van der Waals surface area contributed by atoms with E-state index in [4.69, 9.17) is 10.5 Å². The number of hydrogen-bond donors (Lipinski definition) is 1. The van der Waals surface area contributed by atoms with Gasteiger partial charge in [0.25, 0.3) is 0 Å². The van der Waals surface area contributed by atoms with Gasteiger partial charge in [0.05, 0.1) is 12.6 Å². The number of anilines is 1. The number of rotatable bonds is 5. The molecule has 0 spiro atoms. The first kappa shape index (κ1) is 14.3. The molecule has 1 atom stereocenters. The molecule has 0 radical (unpaired) electrons. The molecule has 0 amide bonds. The number of halogens is 2. The highest BCUT2D eigenvalue weighted by atomic mass is 19.2. The third kappa shape index (κ3) is 2.90. The van der Waals surface area contributed by atoms with Crippen LogP contribution in [0.15, 0.2) is 12.1 Å². The minimum absolute atomic E-state index is 0.0732. The van der Waals surface area contributed by atoms with Crippen molar-refractivity contribution in [3.63, 3.8) is 0 Å². The molecule has 2 aromatic rings. The van der Waals surface area contributed by atoms with Crippen LogP contribution in [0.5, 0.6) is 0 Å². The maximum absolute atomic E-state index is 13.3. The van der Waals surface area contributed by atoms with E-state index in [9.17, 15) is 8.78 Å². The summed E-state index contributed by atoms with van der Waals surface area (Å²) < 4.78 is 33.3. The van der Waals surface area contributed by atoms with Crippen LogP contribution in [0.25, 0.3) is 11.4 Å². The number of aromatic nitrogens is 4. The van der Waals surface area contributed by atoms with Crippen LogP contribution in [-0.2, 0) is 11.3 Å². The van der Waals surface area contributed by atoms with Gasteiger partial charge in [0, 0.05) is 23.9 Å². The van der Waals surface area contributed by atoms with E-state index < -0.39 is 11.6 Å². The number of nitrogen functional groups attached to an aromatic ring is 1. The second-order valence-electron chi connectivity index (χ2n) is 4.30. The predicted molar refractivity (Wildman–Crippen MR) is 68.7 cm³/mol. The van der Waals surface area contributed by atoms with Crippen LogP contribution in [0.4, 0.5) is 14.5 Å². The maximum atomic E-state index is 13.3. The summed E-state index contributed by atoms with van der Waals surface area (Å²) >= 11 is 0. The summed E-state index contributed by atoms with van der Waals surface area (Å²) in [5.41, 5.74) is 6.01. The van der Waals surface area contributed by atoms with Crippen LogP contribution in [0, 0.1) is 11.6 Å². The molecule has 1 heterocycles. The number of hydrogen-bond acceptors (Lipinski definition) is 5. The molecular formula is C12H15F2N5O. The molecule has 1 aromatic heterocycles. The highest BCUT2D eigenvalue weighted by Crippen LogP contribution is 2.26. The number of benzene rings is 1. The van der Waals surface area contributed by atoms with E-state index in [1.807, 2.05) is 13.8 Å². The number of ether oxygens (including phenoxy) is 1. The third-order valence-electron chi connectivity index (χ3n) is 2.75. The Bertz CT molecular complexity index is 602. The Morgan fingerprint density at radius 3 is 2.75 bits per heavy atom. The van der Waals surface area contributed by atoms with Gasteiger partial charge in [-0.05, 0) is 30.3 Å². The fraction of sp³-hybridized carbons (Fsp3) is 0.417. The molecule has 2 N–H and O–H groups in total. The summed E-state index contributed by atoms with van der Waals surface area (Å²) in [7, 11) is 0. The van der Waals surface area contributed by atoms with Crippen molar-refractivity contribution in [1.82, 2.24) is 20.2 Å². The van der Waals surface area contributed by atoms with Gasteiger partial charge in [0.15, 0.2) is 17.5 Å². The van der Waals surface area contributed by atoms with Crippen molar-refractivity contribution in [3.8, 4) is 11.4 Å². The van der Waals surface area contributed by atoms with Crippen molar-refractivity contribution in [2.45, 2.75) is 26.5 Å². The minimum atomic E-state index is -1.01. The number of nitrogens with zero attached hydrogens (tertiary/aromatic N) is 4. The summed E-state index contributed by atoms with van der Waals surface area (Å²) in [6.45, 7) is 4.69. The topological polar surface area (TPSA) is 78.8 Å². The first-order valence-electron chi connectivity index (χ1n) is 6.15. The van der Waals surface area contributed by atoms with Crippen molar-refractivity contribution >= 4 is 5.69 Å². The second kappa shape index (κ2) is 5.91. The molecule has 0 saturated carbocycles. The van der Waals surface area contributed by atoms with Crippen LogP contribution >= 0.6 is 0 Å². The molecule has 6 nitrogen and oxygen atoms in total. The lowest BCUT2D eigenvalue weighted by molar-refractivity contribution is 0.0614. The molecule has 0 aliphatic carbocycles. The Morgan fingerprint density at radius 2 is 2.05 bits per heavy atom. The van der Waals surface area contributed by atoms with Crippen LogP contribution in [0.3, 0.4) is 0 Å². The quantitative estimate of drug-likeness (QED) is 0.844. The molecule has 0 saturated heterocycles. The van der Waals surface area contributed by atoms with E-state index in [2.05, 4.69) is 15.5 Å². The fourth-order valence-corrected chi connectivity index (χ4v) is 1.86. The normalized spacial score (nSPS) is 12.6. The molecule has 1 unspecified atom stereocenters. The Labute approximate surface area is 114 Å². The van der Waals surface area contributed by atoms with Gasteiger partial charge in [-0.2, -0.15) is 0 Å². The minimum Gasteiger partial charge on any atom is -0.398 e. The average Bonchev–Trinajstić information content (AvgIpc) is 2.82. The lowest BCUT2D eigenvalue weighted by Gasteiger charge is -2.13. The molecule has 8 heteroatoms. The summed E-state index contributed by atoms with van der Waals surface area (Å²) in [6, 6.07) is 1.90. The molecule has 108 valence electrons. The summed E-state index contributed by atoms with van der Waals surface area (Å²) in [6.07, 6.45) is -0.117. The van der Waals surface area contributed by atoms with Crippen LogP contribution in [-0.4, -0.2) is 32.9 Å². The second-order valence-corrected chi connectivity index (χ2v) is 4.30. The Kier molecular flexibility index (Phi) is 4.23. The standard InChI is InChI=1S/C12H15F2N5O/c1-3-20-7(2)6-19-12(16-17-18-19)8-4-9(13)10(14)5-11(8)15/h4-5,7H,3,6,15H2,1-2H3. The molecule has 2 rings (SSSR count). The van der Waals surface area contributed by atoms with Crippen molar-refractivity contribution in [2.75, 3.05) is 12.3 Å². The third-order valence-corrected chi connectivity index (χ3v) is 2.75. The van der Waals surface area contributed by atoms with Gasteiger partial charge in [-0.3, -0.25) is 0 Å². The van der Waals surface area contributed by atoms with Crippen LogP contribution < -0.4 is 5.73 Å².